The van der Waals surface area contributed by atoms with Crippen LogP contribution in [0.5, 0.6) is 5.75 Å². The van der Waals surface area contributed by atoms with Crippen molar-refractivity contribution in [3.05, 3.63) is 23.8 Å². The van der Waals surface area contributed by atoms with E-state index in [0.29, 0.717) is 42.2 Å². The Hall–Kier alpha value is -1.60. The van der Waals surface area contributed by atoms with Gasteiger partial charge in [-0.15, -0.1) is 0 Å². The Kier molecular flexibility index (Phi) is 5.40. The molecule has 1 N–H and O–H groups in total. The molecule has 0 radical (unpaired) electrons. The first-order chi connectivity index (χ1) is 13.4. The average molecular weight is 407 g/mol. The van der Waals surface area contributed by atoms with Crippen molar-refractivity contribution in [2.45, 2.75) is 56.4 Å². The van der Waals surface area contributed by atoms with Crippen molar-refractivity contribution >= 4 is 15.9 Å². The molecule has 28 heavy (non-hydrogen) atoms. The summed E-state index contributed by atoms with van der Waals surface area (Å²) in [5.41, 5.74) is 0.327. The van der Waals surface area contributed by atoms with Gasteiger partial charge in [0, 0.05) is 19.1 Å². The fourth-order valence-corrected chi connectivity index (χ4v) is 6.40. The van der Waals surface area contributed by atoms with Gasteiger partial charge in [-0.1, -0.05) is 13.3 Å². The Morgan fingerprint density at radius 2 is 1.89 bits per heavy atom. The molecule has 4 rings (SSSR count). The predicted molar refractivity (Wildman–Crippen MR) is 107 cm³/mol. The number of likely N-dealkylation sites (tertiary alicyclic amines) is 1. The molecule has 3 aliphatic rings. The standard InChI is InChI=1S/C21H30N2O4S/c1-14-7-9-23(10-8-14)21(24)18-13-17(5-6-20(18)27-2)28(25,26)22-19-12-15-3-4-16(19)11-15/h5-6,13-16,19,22H,3-4,7-12H2,1-2H3/t15-,16-,19+/m0/s1. The second-order valence-corrected chi connectivity index (χ2v) is 10.5. The van der Waals surface area contributed by atoms with Gasteiger partial charge < -0.3 is 9.64 Å². The monoisotopic (exact) mass is 406 g/mol. The number of benzene rings is 1. The lowest BCUT2D eigenvalue weighted by atomic mass is 9.96. The normalized spacial score (nSPS) is 27.9. The lowest BCUT2D eigenvalue weighted by molar-refractivity contribution is 0.0693. The number of methoxy groups -OCH3 is 1. The van der Waals surface area contributed by atoms with E-state index in [1.807, 2.05) is 0 Å². The molecule has 1 amide bonds. The van der Waals surface area contributed by atoms with Crippen molar-refractivity contribution in [2.75, 3.05) is 20.2 Å². The van der Waals surface area contributed by atoms with Crippen molar-refractivity contribution in [1.82, 2.24) is 9.62 Å². The second-order valence-electron chi connectivity index (χ2n) is 8.74. The molecular weight excluding hydrogens is 376 g/mol. The van der Waals surface area contributed by atoms with Gasteiger partial charge in [-0.3, -0.25) is 4.79 Å². The van der Waals surface area contributed by atoms with Gasteiger partial charge in [-0.25, -0.2) is 13.1 Å². The quantitative estimate of drug-likeness (QED) is 0.816. The van der Waals surface area contributed by atoms with Crippen molar-refractivity contribution in [2.24, 2.45) is 17.8 Å². The Morgan fingerprint density at radius 3 is 2.50 bits per heavy atom. The van der Waals surface area contributed by atoms with Gasteiger partial charge >= 0.3 is 0 Å². The summed E-state index contributed by atoms with van der Waals surface area (Å²) in [6.07, 6.45) is 6.33. The molecule has 3 fully saturated rings. The second kappa shape index (κ2) is 7.67. The van der Waals surface area contributed by atoms with E-state index in [-0.39, 0.29) is 16.8 Å². The zero-order valence-electron chi connectivity index (χ0n) is 16.7. The molecular formula is C21H30N2O4S. The highest BCUT2D eigenvalue weighted by Gasteiger charge is 2.41. The van der Waals surface area contributed by atoms with E-state index in [4.69, 9.17) is 4.74 Å². The maximum Gasteiger partial charge on any atom is 0.257 e. The maximum absolute atomic E-state index is 13.0. The number of ether oxygens (including phenoxy) is 1. The zero-order chi connectivity index (χ0) is 19.9. The molecule has 0 unspecified atom stereocenters. The molecule has 3 atom stereocenters. The number of piperidine rings is 1. The van der Waals surface area contributed by atoms with Gasteiger partial charge in [0.15, 0.2) is 0 Å². The van der Waals surface area contributed by atoms with E-state index < -0.39 is 10.0 Å². The molecule has 6 nitrogen and oxygen atoms in total. The summed E-state index contributed by atoms with van der Waals surface area (Å²) in [5.74, 6) is 1.99. The van der Waals surface area contributed by atoms with Gasteiger partial charge in [-0.05, 0) is 68.1 Å². The van der Waals surface area contributed by atoms with E-state index in [0.717, 1.165) is 32.1 Å². The number of fused-ring (bicyclic) bond motifs is 2. The Morgan fingerprint density at radius 1 is 1.14 bits per heavy atom. The third-order valence-corrected chi connectivity index (χ3v) is 8.31. The van der Waals surface area contributed by atoms with Crippen LogP contribution in [0.4, 0.5) is 0 Å². The van der Waals surface area contributed by atoms with Gasteiger partial charge in [0.1, 0.15) is 5.75 Å². The smallest absolute Gasteiger partial charge is 0.257 e. The first-order valence-electron chi connectivity index (χ1n) is 10.4. The number of amides is 1. The zero-order valence-corrected chi connectivity index (χ0v) is 17.5. The minimum Gasteiger partial charge on any atom is -0.496 e. The van der Waals surface area contributed by atoms with Crippen LogP contribution in [0.15, 0.2) is 23.1 Å². The Labute approximate surface area is 167 Å². The van der Waals surface area contributed by atoms with Gasteiger partial charge in [0.05, 0.1) is 17.6 Å². The maximum atomic E-state index is 13.0. The summed E-state index contributed by atoms with van der Waals surface area (Å²) >= 11 is 0. The van der Waals surface area contributed by atoms with Crippen LogP contribution in [0.3, 0.4) is 0 Å². The van der Waals surface area contributed by atoms with Crippen molar-refractivity contribution in [3.63, 3.8) is 0 Å². The fraction of sp³-hybridized carbons (Fsp3) is 0.667. The summed E-state index contributed by atoms with van der Waals surface area (Å²) in [4.78, 5) is 15.0. The van der Waals surface area contributed by atoms with Crippen LogP contribution in [0.25, 0.3) is 0 Å². The number of carbonyl (C=O) groups excluding carboxylic acids is 1. The molecule has 0 aromatic heterocycles. The van der Waals surface area contributed by atoms with Gasteiger partial charge in [0.25, 0.3) is 5.91 Å². The third kappa shape index (κ3) is 3.79. The molecule has 154 valence electrons. The highest BCUT2D eigenvalue weighted by molar-refractivity contribution is 7.89. The number of hydrogen-bond acceptors (Lipinski definition) is 4. The first-order valence-corrected chi connectivity index (χ1v) is 11.9. The van der Waals surface area contributed by atoms with Crippen molar-refractivity contribution in [3.8, 4) is 5.75 Å². The van der Waals surface area contributed by atoms with E-state index in [9.17, 15) is 13.2 Å². The molecule has 1 aliphatic heterocycles. The molecule has 0 spiro atoms. The number of carbonyl (C=O) groups is 1. The van der Waals surface area contributed by atoms with Crippen molar-refractivity contribution in [1.29, 1.82) is 0 Å². The third-order valence-electron chi connectivity index (χ3n) is 6.83. The minimum absolute atomic E-state index is 0.0218. The van der Waals surface area contributed by atoms with Crippen LogP contribution in [-0.4, -0.2) is 45.5 Å². The van der Waals surface area contributed by atoms with Crippen LogP contribution < -0.4 is 9.46 Å². The Balaban J connectivity index is 1.56. The number of nitrogens with one attached hydrogen (secondary N) is 1. The predicted octanol–water partition coefficient (Wildman–Crippen LogP) is 3.03. The largest absolute Gasteiger partial charge is 0.496 e. The summed E-state index contributed by atoms with van der Waals surface area (Å²) in [5, 5.41) is 0. The summed E-state index contributed by atoms with van der Waals surface area (Å²) in [7, 11) is -2.16. The van der Waals surface area contributed by atoms with Crippen LogP contribution in [0, 0.1) is 17.8 Å². The summed E-state index contributed by atoms with van der Waals surface area (Å²) in [6, 6.07) is 4.63. The van der Waals surface area contributed by atoms with E-state index in [1.165, 1.54) is 25.7 Å². The molecule has 1 saturated heterocycles. The Bertz CT molecular complexity index is 846. The van der Waals surface area contributed by atoms with E-state index in [2.05, 4.69) is 11.6 Å². The van der Waals surface area contributed by atoms with Crippen LogP contribution in [0.2, 0.25) is 0 Å². The average Bonchev–Trinajstić information content (AvgIpc) is 3.30. The van der Waals surface area contributed by atoms with Crippen LogP contribution in [0.1, 0.15) is 55.8 Å². The lowest BCUT2D eigenvalue weighted by Gasteiger charge is -2.30. The van der Waals surface area contributed by atoms with Crippen LogP contribution in [-0.2, 0) is 10.0 Å². The molecule has 1 aromatic rings. The summed E-state index contributed by atoms with van der Waals surface area (Å²) in [6.45, 7) is 3.59. The molecule has 2 saturated carbocycles. The number of sulfonamides is 1. The lowest BCUT2D eigenvalue weighted by Crippen LogP contribution is -2.39. The van der Waals surface area contributed by atoms with Crippen molar-refractivity contribution < 1.29 is 17.9 Å². The highest BCUT2D eigenvalue weighted by atomic mass is 32.2. The van der Waals surface area contributed by atoms with E-state index >= 15 is 0 Å². The number of hydrogen-bond donors (Lipinski definition) is 1. The van der Waals surface area contributed by atoms with Gasteiger partial charge in [0.2, 0.25) is 10.0 Å². The molecule has 7 heteroatoms. The molecule has 1 aromatic carbocycles. The molecule has 2 bridgehead atoms. The fourth-order valence-electron chi connectivity index (χ4n) is 5.06. The van der Waals surface area contributed by atoms with Crippen LogP contribution >= 0.6 is 0 Å². The molecule has 2 aliphatic carbocycles. The highest BCUT2D eigenvalue weighted by Crippen LogP contribution is 2.44. The topological polar surface area (TPSA) is 75.7 Å². The first kappa shape index (κ1) is 19.7. The van der Waals surface area contributed by atoms with E-state index in [1.54, 1.807) is 11.0 Å². The summed E-state index contributed by atoms with van der Waals surface area (Å²) < 4.78 is 34.2. The SMILES string of the molecule is COc1ccc(S(=O)(=O)N[C@@H]2C[C@H]3CC[C@H]2C3)cc1C(=O)N1CCC(C)CC1. The number of nitrogens with zero attached hydrogens (tertiary/aromatic N) is 1. The molecule has 1 heterocycles. The van der Waals surface area contributed by atoms with Gasteiger partial charge in [-0.2, -0.15) is 0 Å². The number of rotatable bonds is 5. The minimum atomic E-state index is -3.66.